The summed E-state index contributed by atoms with van der Waals surface area (Å²) < 4.78 is 5.90. The van der Waals surface area contributed by atoms with Crippen LogP contribution in [0.15, 0.2) is 48.5 Å². The highest BCUT2D eigenvalue weighted by Crippen LogP contribution is 2.37. The number of hydrogen-bond acceptors (Lipinski definition) is 3. The molecule has 0 bridgehead atoms. The molecule has 5 heteroatoms. The number of nitrogens with zero attached hydrogens (tertiary/aromatic N) is 1. The Balaban J connectivity index is 1.39. The maximum absolute atomic E-state index is 12.9. The third-order valence-electron chi connectivity index (χ3n) is 7.09. The zero-order valence-electron chi connectivity index (χ0n) is 19.9. The van der Waals surface area contributed by atoms with Crippen LogP contribution in [0.3, 0.4) is 0 Å². The Morgan fingerprint density at radius 3 is 2.58 bits per heavy atom. The maximum atomic E-state index is 12.9. The molecule has 176 valence electrons. The Bertz CT molecular complexity index is 951. The van der Waals surface area contributed by atoms with Crippen LogP contribution in [-0.2, 0) is 16.0 Å². The number of benzene rings is 2. The summed E-state index contributed by atoms with van der Waals surface area (Å²) in [5, 5.41) is 3.10. The van der Waals surface area contributed by atoms with Crippen molar-refractivity contribution in [2.24, 2.45) is 11.8 Å². The molecule has 2 aliphatic rings. The first kappa shape index (κ1) is 23.3. The van der Waals surface area contributed by atoms with Gasteiger partial charge in [-0.3, -0.25) is 9.59 Å². The lowest BCUT2D eigenvalue weighted by atomic mass is 9.79. The summed E-state index contributed by atoms with van der Waals surface area (Å²) in [4.78, 5) is 27.5. The molecule has 1 heterocycles. The van der Waals surface area contributed by atoms with Crippen molar-refractivity contribution < 1.29 is 14.3 Å². The van der Waals surface area contributed by atoms with E-state index in [0.717, 1.165) is 49.4 Å². The standard InChI is InChI=1S/C28H36N2O3/c1-3-4-8-22-11-13-23(14-12-22)27(31)29-24-15-16-25-26(19-24)33-20(2)28(32)30(25)18-17-21-9-6-5-7-10-21/h5-7,9-10,15-16,19-20,22-23H,3-4,8,11-14,17-18H2,1-2H3,(H,29,31). The molecular weight excluding hydrogens is 412 g/mol. The van der Waals surface area contributed by atoms with Gasteiger partial charge in [0.25, 0.3) is 5.91 Å². The molecule has 1 fully saturated rings. The SMILES string of the molecule is CCCCC1CCC(C(=O)Nc2ccc3c(c2)OC(C)C(=O)N3CCc2ccccc2)CC1. The van der Waals surface area contributed by atoms with Crippen molar-refractivity contribution in [2.75, 3.05) is 16.8 Å². The monoisotopic (exact) mass is 448 g/mol. The number of anilines is 2. The van der Waals surface area contributed by atoms with Crippen molar-refractivity contribution in [2.45, 2.75) is 71.3 Å². The topological polar surface area (TPSA) is 58.6 Å². The predicted octanol–water partition coefficient (Wildman–Crippen LogP) is 5.98. The number of carbonyl (C=O) groups is 2. The minimum Gasteiger partial charge on any atom is -0.479 e. The quantitative estimate of drug-likeness (QED) is 0.541. The molecule has 0 spiro atoms. The molecule has 1 unspecified atom stereocenters. The number of fused-ring (bicyclic) bond motifs is 1. The third-order valence-corrected chi connectivity index (χ3v) is 7.09. The third kappa shape index (κ3) is 5.76. The van der Waals surface area contributed by atoms with E-state index in [1.807, 2.05) is 36.4 Å². The van der Waals surface area contributed by atoms with Crippen LogP contribution in [0.1, 0.15) is 64.4 Å². The average molecular weight is 449 g/mol. The van der Waals surface area contributed by atoms with E-state index in [2.05, 4.69) is 24.4 Å². The zero-order valence-corrected chi connectivity index (χ0v) is 19.9. The predicted molar refractivity (Wildman–Crippen MR) is 133 cm³/mol. The highest BCUT2D eigenvalue weighted by Gasteiger charge is 2.32. The zero-order chi connectivity index (χ0) is 23.2. The lowest BCUT2D eigenvalue weighted by molar-refractivity contribution is -0.125. The van der Waals surface area contributed by atoms with E-state index in [0.29, 0.717) is 12.3 Å². The molecule has 2 aromatic rings. The van der Waals surface area contributed by atoms with Crippen molar-refractivity contribution in [3.05, 3.63) is 54.1 Å². The van der Waals surface area contributed by atoms with Crippen LogP contribution in [0.4, 0.5) is 11.4 Å². The van der Waals surface area contributed by atoms with Gasteiger partial charge in [-0.15, -0.1) is 0 Å². The van der Waals surface area contributed by atoms with Crippen LogP contribution in [0.2, 0.25) is 0 Å². The van der Waals surface area contributed by atoms with Crippen molar-refractivity contribution >= 4 is 23.2 Å². The van der Waals surface area contributed by atoms with Crippen LogP contribution in [0.25, 0.3) is 0 Å². The normalized spacial score (nSPS) is 22.4. The summed E-state index contributed by atoms with van der Waals surface area (Å²) in [5.41, 5.74) is 2.69. The van der Waals surface area contributed by atoms with Crippen LogP contribution >= 0.6 is 0 Å². The second-order valence-corrected chi connectivity index (χ2v) is 9.52. The highest BCUT2D eigenvalue weighted by molar-refractivity contribution is 6.01. The van der Waals surface area contributed by atoms with Crippen LogP contribution in [0.5, 0.6) is 5.75 Å². The van der Waals surface area contributed by atoms with Gasteiger partial charge < -0.3 is 15.0 Å². The molecule has 0 aromatic heterocycles. The van der Waals surface area contributed by atoms with E-state index < -0.39 is 6.10 Å². The molecule has 1 N–H and O–H groups in total. The van der Waals surface area contributed by atoms with Gasteiger partial charge in [0.2, 0.25) is 5.91 Å². The Kier molecular flexibility index (Phi) is 7.69. The molecule has 0 saturated heterocycles. The smallest absolute Gasteiger partial charge is 0.267 e. The lowest BCUT2D eigenvalue weighted by Crippen LogP contribution is -2.45. The number of amides is 2. The Hall–Kier alpha value is -2.82. The summed E-state index contributed by atoms with van der Waals surface area (Å²) in [6, 6.07) is 15.8. The largest absolute Gasteiger partial charge is 0.479 e. The van der Waals surface area contributed by atoms with Crippen molar-refractivity contribution in [3.8, 4) is 5.75 Å². The number of hydrogen-bond donors (Lipinski definition) is 1. The van der Waals surface area contributed by atoms with Gasteiger partial charge in [-0.25, -0.2) is 0 Å². The van der Waals surface area contributed by atoms with Gasteiger partial charge in [0.1, 0.15) is 5.75 Å². The fourth-order valence-electron chi connectivity index (χ4n) is 5.05. The first-order valence-corrected chi connectivity index (χ1v) is 12.5. The van der Waals surface area contributed by atoms with E-state index >= 15 is 0 Å². The number of ether oxygens (including phenoxy) is 1. The molecule has 33 heavy (non-hydrogen) atoms. The van der Waals surface area contributed by atoms with Crippen LogP contribution in [0, 0.1) is 11.8 Å². The second kappa shape index (κ2) is 10.9. The molecule has 1 saturated carbocycles. The van der Waals surface area contributed by atoms with E-state index in [1.54, 1.807) is 11.8 Å². The van der Waals surface area contributed by atoms with Gasteiger partial charge in [-0.05, 0) is 62.6 Å². The number of carbonyl (C=O) groups excluding carboxylic acids is 2. The molecule has 0 radical (unpaired) electrons. The first-order chi connectivity index (χ1) is 16.0. The molecule has 1 aliphatic carbocycles. The maximum Gasteiger partial charge on any atom is 0.267 e. The first-order valence-electron chi connectivity index (χ1n) is 12.5. The van der Waals surface area contributed by atoms with Gasteiger partial charge in [-0.1, -0.05) is 56.5 Å². The summed E-state index contributed by atoms with van der Waals surface area (Å²) in [6.45, 7) is 4.61. The van der Waals surface area contributed by atoms with E-state index in [-0.39, 0.29) is 17.7 Å². The molecule has 2 amide bonds. The Labute approximate surface area is 197 Å². The molecule has 2 aromatic carbocycles. The van der Waals surface area contributed by atoms with Crippen molar-refractivity contribution in [3.63, 3.8) is 0 Å². The molecule has 1 aliphatic heterocycles. The summed E-state index contributed by atoms with van der Waals surface area (Å²) in [6.07, 6.45) is 8.32. The summed E-state index contributed by atoms with van der Waals surface area (Å²) >= 11 is 0. The second-order valence-electron chi connectivity index (χ2n) is 9.52. The average Bonchev–Trinajstić information content (AvgIpc) is 2.84. The minimum absolute atomic E-state index is 0.0324. The molecular formula is C28H36N2O3. The van der Waals surface area contributed by atoms with Gasteiger partial charge in [0, 0.05) is 24.2 Å². The minimum atomic E-state index is -0.544. The fraction of sp³-hybridized carbons (Fsp3) is 0.500. The Morgan fingerprint density at radius 1 is 1.09 bits per heavy atom. The highest BCUT2D eigenvalue weighted by atomic mass is 16.5. The summed E-state index contributed by atoms with van der Waals surface area (Å²) in [5.74, 6) is 1.59. The lowest BCUT2D eigenvalue weighted by Gasteiger charge is -2.33. The summed E-state index contributed by atoms with van der Waals surface area (Å²) in [7, 11) is 0. The molecule has 4 rings (SSSR count). The van der Waals surface area contributed by atoms with Crippen molar-refractivity contribution in [1.29, 1.82) is 0 Å². The van der Waals surface area contributed by atoms with Crippen LogP contribution in [-0.4, -0.2) is 24.5 Å². The van der Waals surface area contributed by atoms with E-state index in [9.17, 15) is 9.59 Å². The Morgan fingerprint density at radius 2 is 1.85 bits per heavy atom. The van der Waals surface area contributed by atoms with Gasteiger partial charge in [0.05, 0.1) is 5.69 Å². The number of unbranched alkanes of at least 4 members (excludes halogenated alkanes) is 1. The van der Waals surface area contributed by atoms with Gasteiger partial charge in [0.15, 0.2) is 6.10 Å². The van der Waals surface area contributed by atoms with E-state index in [1.165, 1.54) is 24.8 Å². The number of nitrogens with one attached hydrogen (secondary N) is 1. The fourth-order valence-corrected chi connectivity index (χ4v) is 5.05. The molecule has 5 nitrogen and oxygen atoms in total. The van der Waals surface area contributed by atoms with E-state index in [4.69, 9.17) is 4.74 Å². The molecule has 1 atom stereocenters. The van der Waals surface area contributed by atoms with Crippen molar-refractivity contribution in [1.82, 2.24) is 0 Å². The number of rotatable bonds is 8. The van der Waals surface area contributed by atoms with Gasteiger partial charge in [-0.2, -0.15) is 0 Å². The van der Waals surface area contributed by atoms with Crippen LogP contribution < -0.4 is 15.0 Å². The van der Waals surface area contributed by atoms with Gasteiger partial charge >= 0.3 is 0 Å².